The fraction of sp³-hybridized carbons (Fsp3) is 0.267. The molecule has 2 heterocycles. The summed E-state index contributed by atoms with van der Waals surface area (Å²) >= 11 is 0. The molecule has 4 heteroatoms. The lowest BCUT2D eigenvalue weighted by Crippen LogP contribution is -2.10. The van der Waals surface area contributed by atoms with Crippen molar-refractivity contribution in [2.24, 2.45) is 0 Å². The first-order valence-corrected chi connectivity index (χ1v) is 6.24. The van der Waals surface area contributed by atoms with Gasteiger partial charge in [-0.15, -0.1) is 0 Å². The van der Waals surface area contributed by atoms with Gasteiger partial charge in [0.2, 0.25) is 0 Å². The summed E-state index contributed by atoms with van der Waals surface area (Å²) in [6.45, 7) is 0. The third-order valence-corrected chi connectivity index (χ3v) is 2.83. The monoisotopic (exact) mass is 255 g/mol. The third-order valence-electron chi connectivity index (χ3n) is 2.83. The van der Waals surface area contributed by atoms with E-state index in [4.69, 9.17) is 0 Å². The maximum atomic E-state index is 10.4. The van der Waals surface area contributed by atoms with Crippen LogP contribution in [0, 0.1) is 0 Å². The van der Waals surface area contributed by atoms with Gasteiger partial charge in [0.05, 0.1) is 5.69 Å². The number of carbonyl (C=O) groups is 1. The van der Waals surface area contributed by atoms with E-state index in [1.807, 2.05) is 55.5 Å². The average Bonchev–Trinajstić information content (AvgIpc) is 2.45. The molecular formula is C15H17N3O. The summed E-state index contributed by atoms with van der Waals surface area (Å²) in [5.41, 5.74) is 2.81. The van der Waals surface area contributed by atoms with Crippen LogP contribution < -0.4 is 4.90 Å². The minimum Gasteiger partial charge on any atom is -0.363 e. The molecule has 19 heavy (non-hydrogen) atoms. The fourth-order valence-corrected chi connectivity index (χ4v) is 1.79. The summed E-state index contributed by atoms with van der Waals surface area (Å²) in [6.07, 6.45) is 3.93. The largest absolute Gasteiger partial charge is 0.363 e. The molecule has 0 spiro atoms. The van der Waals surface area contributed by atoms with Crippen molar-refractivity contribution in [3.63, 3.8) is 0 Å². The van der Waals surface area contributed by atoms with E-state index in [-0.39, 0.29) is 0 Å². The third kappa shape index (κ3) is 3.37. The van der Waals surface area contributed by atoms with Crippen LogP contribution >= 0.6 is 0 Å². The Bertz CT molecular complexity index is 550. The van der Waals surface area contributed by atoms with Gasteiger partial charge in [-0.2, -0.15) is 0 Å². The van der Waals surface area contributed by atoms with Crippen LogP contribution in [0.1, 0.15) is 12.1 Å². The molecule has 98 valence electrons. The van der Waals surface area contributed by atoms with E-state index in [1.54, 1.807) is 0 Å². The van der Waals surface area contributed by atoms with E-state index in [2.05, 4.69) is 9.97 Å². The smallest absolute Gasteiger partial charge is 0.127 e. The molecule has 0 atom stereocenters. The van der Waals surface area contributed by atoms with E-state index in [0.29, 0.717) is 12.8 Å². The second-order valence-electron chi connectivity index (χ2n) is 4.52. The second kappa shape index (κ2) is 6.09. The highest BCUT2D eigenvalue weighted by Gasteiger charge is 2.03. The van der Waals surface area contributed by atoms with E-state index >= 15 is 0 Å². The quantitative estimate of drug-likeness (QED) is 0.769. The van der Waals surface area contributed by atoms with Crippen LogP contribution in [0.2, 0.25) is 0 Å². The molecule has 0 aliphatic rings. The fourth-order valence-electron chi connectivity index (χ4n) is 1.79. The number of nitrogens with zero attached hydrogens (tertiary/aromatic N) is 3. The zero-order chi connectivity index (χ0) is 13.7. The number of aryl methyl sites for hydroxylation is 1. The predicted molar refractivity (Wildman–Crippen MR) is 76.2 cm³/mol. The minimum absolute atomic E-state index is 0.508. The van der Waals surface area contributed by atoms with Crippen molar-refractivity contribution < 1.29 is 4.79 Å². The van der Waals surface area contributed by atoms with Gasteiger partial charge in [-0.05, 0) is 30.7 Å². The van der Waals surface area contributed by atoms with Gasteiger partial charge in [0.15, 0.2) is 0 Å². The zero-order valence-electron chi connectivity index (χ0n) is 11.2. The number of rotatable bonds is 5. The molecule has 0 bridgehead atoms. The van der Waals surface area contributed by atoms with Gasteiger partial charge in [-0.1, -0.05) is 6.07 Å². The zero-order valence-corrected chi connectivity index (χ0v) is 11.2. The molecule has 0 saturated heterocycles. The van der Waals surface area contributed by atoms with Crippen molar-refractivity contribution >= 4 is 12.1 Å². The number of anilines is 1. The van der Waals surface area contributed by atoms with Crippen LogP contribution in [-0.2, 0) is 11.2 Å². The first kappa shape index (κ1) is 13.2. The molecule has 0 N–H and O–H groups in total. The number of hydrogen-bond acceptors (Lipinski definition) is 4. The van der Waals surface area contributed by atoms with Gasteiger partial charge >= 0.3 is 0 Å². The molecule has 0 unspecified atom stereocenters. The van der Waals surface area contributed by atoms with Gasteiger partial charge in [-0.25, -0.2) is 4.98 Å². The van der Waals surface area contributed by atoms with Crippen LogP contribution in [0.4, 0.5) is 5.82 Å². The molecule has 0 saturated carbocycles. The van der Waals surface area contributed by atoms with Crippen molar-refractivity contribution in [1.29, 1.82) is 0 Å². The normalized spacial score (nSPS) is 10.2. The highest BCUT2D eigenvalue weighted by Crippen LogP contribution is 2.18. The Balaban J connectivity index is 2.23. The Kier molecular flexibility index (Phi) is 4.23. The molecule has 0 radical (unpaired) electrons. The summed E-state index contributed by atoms with van der Waals surface area (Å²) in [4.78, 5) is 21.3. The summed E-state index contributed by atoms with van der Waals surface area (Å²) in [7, 11) is 3.92. The lowest BCUT2D eigenvalue weighted by atomic mass is 10.1. The molecule has 2 aromatic heterocycles. The Labute approximate surface area is 113 Å². The molecule has 0 aliphatic heterocycles. The Morgan fingerprint density at radius 3 is 2.68 bits per heavy atom. The Morgan fingerprint density at radius 2 is 2.05 bits per heavy atom. The second-order valence-corrected chi connectivity index (χ2v) is 4.52. The molecular weight excluding hydrogens is 238 g/mol. The van der Waals surface area contributed by atoms with Crippen molar-refractivity contribution in [3.8, 4) is 11.3 Å². The maximum Gasteiger partial charge on any atom is 0.127 e. The first-order chi connectivity index (χ1) is 9.20. The topological polar surface area (TPSA) is 46.1 Å². The Hall–Kier alpha value is -2.23. The number of pyridine rings is 2. The van der Waals surface area contributed by atoms with Crippen LogP contribution in [0.3, 0.4) is 0 Å². The van der Waals surface area contributed by atoms with Gasteiger partial charge in [0, 0.05) is 38.0 Å². The van der Waals surface area contributed by atoms with Gasteiger partial charge in [-0.3, -0.25) is 4.98 Å². The number of aromatic nitrogens is 2. The summed E-state index contributed by atoms with van der Waals surface area (Å²) < 4.78 is 0. The molecule has 2 rings (SSSR count). The van der Waals surface area contributed by atoms with Crippen LogP contribution in [0.5, 0.6) is 0 Å². The van der Waals surface area contributed by atoms with Gasteiger partial charge in [0.25, 0.3) is 0 Å². The Morgan fingerprint density at radius 1 is 1.21 bits per heavy atom. The van der Waals surface area contributed by atoms with Crippen molar-refractivity contribution in [2.75, 3.05) is 19.0 Å². The lowest BCUT2D eigenvalue weighted by molar-refractivity contribution is -0.107. The standard InChI is InChI=1S/C15H17N3O/c1-18(2)15-9-8-12(11-16-15)14-7-3-5-13(17-14)6-4-10-19/h3,5,7-11H,4,6H2,1-2H3. The van der Waals surface area contributed by atoms with Crippen molar-refractivity contribution in [2.45, 2.75) is 12.8 Å². The number of hydrogen-bond donors (Lipinski definition) is 0. The van der Waals surface area contributed by atoms with E-state index in [0.717, 1.165) is 29.1 Å². The van der Waals surface area contributed by atoms with Gasteiger partial charge in [0.1, 0.15) is 12.1 Å². The van der Waals surface area contributed by atoms with Crippen LogP contribution in [-0.4, -0.2) is 30.3 Å². The van der Waals surface area contributed by atoms with E-state index in [1.165, 1.54) is 0 Å². The summed E-state index contributed by atoms with van der Waals surface area (Å²) in [5, 5.41) is 0. The maximum absolute atomic E-state index is 10.4. The SMILES string of the molecule is CN(C)c1ccc(-c2cccc(CCC=O)n2)cn1. The lowest BCUT2D eigenvalue weighted by Gasteiger charge is -2.11. The molecule has 0 aliphatic carbocycles. The van der Waals surface area contributed by atoms with Crippen molar-refractivity contribution in [1.82, 2.24) is 9.97 Å². The molecule has 4 nitrogen and oxygen atoms in total. The minimum atomic E-state index is 0.508. The predicted octanol–water partition coefficient (Wildman–Crippen LogP) is 2.34. The molecule has 0 fully saturated rings. The van der Waals surface area contributed by atoms with Crippen LogP contribution in [0.25, 0.3) is 11.3 Å². The molecule has 2 aromatic rings. The van der Waals surface area contributed by atoms with Gasteiger partial charge < -0.3 is 9.69 Å². The summed E-state index contributed by atoms with van der Waals surface area (Å²) in [6, 6.07) is 9.83. The first-order valence-electron chi connectivity index (χ1n) is 6.24. The molecule has 0 amide bonds. The number of carbonyl (C=O) groups excluding carboxylic acids is 1. The molecule has 0 aromatic carbocycles. The van der Waals surface area contributed by atoms with E-state index in [9.17, 15) is 4.79 Å². The highest BCUT2D eigenvalue weighted by molar-refractivity contribution is 5.60. The highest BCUT2D eigenvalue weighted by atomic mass is 16.1. The number of aldehydes is 1. The summed E-state index contributed by atoms with van der Waals surface area (Å²) in [5.74, 6) is 0.917. The van der Waals surface area contributed by atoms with E-state index < -0.39 is 0 Å². The average molecular weight is 255 g/mol. The van der Waals surface area contributed by atoms with Crippen molar-refractivity contribution in [3.05, 3.63) is 42.2 Å². The van der Waals surface area contributed by atoms with Crippen LogP contribution in [0.15, 0.2) is 36.5 Å².